The SMILES string of the molecule is CCOCCCNC(=NCC(=O)N(C)C)NCC1(CCOC)CCCC1.I. The molecule has 1 amide bonds. The molecule has 0 aromatic heterocycles. The molecular formula is C19H39IN4O3. The first kappa shape index (κ1) is 26.4. The molecule has 0 spiro atoms. The first-order valence-electron chi connectivity index (χ1n) is 9.82. The summed E-state index contributed by atoms with van der Waals surface area (Å²) in [5.41, 5.74) is 0.273. The van der Waals surface area contributed by atoms with Crippen LogP contribution in [0.25, 0.3) is 0 Å². The van der Waals surface area contributed by atoms with Gasteiger partial charge >= 0.3 is 0 Å². The molecule has 1 fully saturated rings. The van der Waals surface area contributed by atoms with E-state index < -0.39 is 0 Å². The van der Waals surface area contributed by atoms with E-state index in [1.54, 1.807) is 26.1 Å². The number of likely N-dealkylation sites (N-methyl/N-ethyl adjacent to an activating group) is 1. The van der Waals surface area contributed by atoms with Crippen LogP contribution in [0.2, 0.25) is 0 Å². The van der Waals surface area contributed by atoms with E-state index in [-0.39, 0.29) is 41.8 Å². The van der Waals surface area contributed by atoms with E-state index in [4.69, 9.17) is 9.47 Å². The van der Waals surface area contributed by atoms with Crippen LogP contribution >= 0.6 is 24.0 Å². The van der Waals surface area contributed by atoms with Gasteiger partial charge in [-0.25, -0.2) is 4.99 Å². The number of guanidine groups is 1. The third kappa shape index (κ3) is 11.1. The van der Waals surface area contributed by atoms with E-state index in [2.05, 4.69) is 15.6 Å². The fourth-order valence-corrected chi connectivity index (χ4v) is 3.22. The van der Waals surface area contributed by atoms with Gasteiger partial charge < -0.3 is 25.0 Å². The monoisotopic (exact) mass is 498 g/mol. The number of carbonyl (C=O) groups excluding carboxylic acids is 1. The van der Waals surface area contributed by atoms with Crippen molar-refractivity contribution in [1.82, 2.24) is 15.5 Å². The van der Waals surface area contributed by atoms with Gasteiger partial charge in [0.25, 0.3) is 0 Å². The Kier molecular flexibility index (Phi) is 15.0. The lowest BCUT2D eigenvalue weighted by Gasteiger charge is -2.30. The predicted molar refractivity (Wildman–Crippen MR) is 121 cm³/mol. The molecule has 1 aliphatic carbocycles. The number of rotatable bonds is 12. The number of halogens is 1. The van der Waals surface area contributed by atoms with Crippen molar-refractivity contribution in [2.45, 2.75) is 45.4 Å². The first-order chi connectivity index (χ1) is 12.5. The van der Waals surface area contributed by atoms with Gasteiger partial charge in [0.2, 0.25) is 5.91 Å². The second-order valence-electron chi connectivity index (χ2n) is 7.23. The fourth-order valence-electron chi connectivity index (χ4n) is 3.22. The van der Waals surface area contributed by atoms with E-state index in [0.717, 1.165) is 45.8 Å². The van der Waals surface area contributed by atoms with Crippen molar-refractivity contribution < 1.29 is 14.3 Å². The largest absolute Gasteiger partial charge is 0.385 e. The van der Waals surface area contributed by atoms with E-state index >= 15 is 0 Å². The number of carbonyl (C=O) groups is 1. The minimum Gasteiger partial charge on any atom is -0.385 e. The Balaban J connectivity index is 0.00000676. The summed E-state index contributed by atoms with van der Waals surface area (Å²) >= 11 is 0. The topological polar surface area (TPSA) is 75.2 Å². The van der Waals surface area contributed by atoms with Crippen LogP contribution in [0.4, 0.5) is 0 Å². The molecular weight excluding hydrogens is 459 g/mol. The van der Waals surface area contributed by atoms with Crippen LogP contribution in [0.5, 0.6) is 0 Å². The maximum atomic E-state index is 11.9. The number of nitrogens with zero attached hydrogens (tertiary/aromatic N) is 2. The summed E-state index contributed by atoms with van der Waals surface area (Å²) in [6, 6.07) is 0. The maximum Gasteiger partial charge on any atom is 0.243 e. The number of methoxy groups -OCH3 is 1. The minimum absolute atomic E-state index is 0. The van der Waals surface area contributed by atoms with Crippen LogP contribution in [0.15, 0.2) is 4.99 Å². The van der Waals surface area contributed by atoms with E-state index in [1.807, 2.05) is 6.92 Å². The molecule has 1 rings (SSSR count). The van der Waals surface area contributed by atoms with Gasteiger partial charge in [0.05, 0.1) is 0 Å². The normalized spacial score (nSPS) is 15.9. The zero-order chi connectivity index (χ0) is 19.3. The highest BCUT2D eigenvalue weighted by Gasteiger charge is 2.33. The lowest BCUT2D eigenvalue weighted by atomic mass is 9.83. The molecule has 0 saturated heterocycles. The van der Waals surface area contributed by atoms with Crippen LogP contribution < -0.4 is 10.6 Å². The second-order valence-corrected chi connectivity index (χ2v) is 7.23. The average molecular weight is 498 g/mol. The number of hydrogen-bond donors (Lipinski definition) is 2. The lowest BCUT2D eigenvalue weighted by Crippen LogP contribution is -2.44. The summed E-state index contributed by atoms with van der Waals surface area (Å²) in [5, 5.41) is 6.80. The van der Waals surface area contributed by atoms with Gasteiger partial charge in [0.15, 0.2) is 5.96 Å². The van der Waals surface area contributed by atoms with Gasteiger partial charge in [-0.3, -0.25) is 4.79 Å². The van der Waals surface area contributed by atoms with E-state index in [9.17, 15) is 4.79 Å². The Labute approximate surface area is 182 Å². The van der Waals surface area contributed by atoms with Gasteiger partial charge in [-0.2, -0.15) is 0 Å². The minimum atomic E-state index is -0.00428. The van der Waals surface area contributed by atoms with Crippen molar-refractivity contribution in [1.29, 1.82) is 0 Å². The molecule has 0 aromatic rings. The van der Waals surface area contributed by atoms with Crippen molar-refractivity contribution in [3.05, 3.63) is 0 Å². The van der Waals surface area contributed by atoms with Crippen LogP contribution in [0.1, 0.15) is 45.4 Å². The second kappa shape index (κ2) is 15.3. The Morgan fingerprint density at radius 2 is 1.89 bits per heavy atom. The Morgan fingerprint density at radius 1 is 1.19 bits per heavy atom. The number of amides is 1. The molecule has 2 N–H and O–H groups in total. The standard InChI is InChI=1S/C19H38N4O3.HI/c1-5-26-13-8-12-20-18(21-15-17(24)23(2)3)22-16-19(11-14-25-4)9-6-7-10-19;/h5-16H2,1-4H3,(H2,20,21,22);1H. The number of aliphatic imine (C=N–C) groups is 1. The average Bonchev–Trinajstić information content (AvgIpc) is 3.10. The molecule has 160 valence electrons. The predicted octanol–water partition coefficient (Wildman–Crippen LogP) is 2.25. The molecule has 0 heterocycles. The number of ether oxygens (including phenoxy) is 2. The molecule has 1 aliphatic rings. The zero-order valence-electron chi connectivity index (χ0n) is 17.5. The van der Waals surface area contributed by atoms with Crippen molar-refractivity contribution in [2.75, 3.05) is 60.7 Å². The maximum absolute atomic E-state index is 11.9. The van der Waals surface area contributed by atoms with Gasteiger partial charge in [-0.1, -0.05) is 12.8 Å². The molecule has 27 heavy (non-hydrogen) atoms. The molecule has 0 atom stereocenters. The van der Waals surface area contributed by atoms with Crippen molar-refractivity contribution in [2.24, 2.45) is 10.4 Å². The van der Waals surface area contributed by atoms with Crippen LogP contribution in [-0.2, 0) is 14.3 Å². The first-order valence-corrected chi connectivity index (χ1v) is 9.82. The highest BCUT2D eigenvalue weighted by atomic mass is 127. The van der Waals surface area contributed by atoms with Crippen LogP contribution in [0, 0.1) is 5.41 Å². The molecule has 1 saturated carbocycles. The molecule has 7 nitrogen and oxygen atoms in total. The Morgan fingerprint density at radius 3 is 2.48 bits per heavy atom. The van der Waals surface area contributed by atoms with Gasteiger partial charge in [0, 0.05) is 54.1 Å². The summed E-state index contributed by atoms with van der Waals surface area (Å²) in [5.74, 6) is 0.704. The van der Waals surface area contributed by atoms with Gasteiger partial charge in [-0.05, 0) is 38.0 Å². The Hall–Kier alpha value is -0.610. The number of hydrogen-bond acceptors (Lipinski definition) is 4. The zero-order valence-corrected chi connectivity index (χ0v) is 19.8. The van der Waals surface area contributed by atoms with Gasteiger partial charge in [-0.15, -0.1) is 24.0 Å². The number of nitrogens with one attached hydrogen (secondary N) is 2. The smallest absolute Gasteiger partial charge is 0.243 e. The quantitative estimate of drug-likeness (QED) is 0.187. The molecule has 0 unspecified atom stereocenters. The lowest BCUT2D eigenvalue weighted by molar-refractivity contribution is -0.127. The molecule has 0 aromatic carbocycles. The summed E-state index contributed by atoms with van der Waals surface area (Å²) in [4.78, 5) is 17.9. The third-order valence-corrected chi connectivity index (χ3v) is 4.96. The summed E-state index contributed by atoms with van der Waals surface area (Å²) in [7, 11) is 5.26. The van der Waals surface area contributed by atoms with Crippen LogP contribution in [0.3, 0.4) is 0 Å². The highest BCUT2D eigenvalue weighted by molar-refractivity contribution is 14.0. The molecule has 0 bridgehead atoms. The molecule has 8 heteroatoms. The summed E-state index contributed by atoms with van der Waals surface area (Å²) < 4.78 is 10.7. The summed E-state index contributed by atoms with van der Waals surface area (Å²) in [6.45, 7) is 6.03. The van der Waals surface area contributed by atoms with Crippen molar-refractivity contribution in [3.8, 4) is 0 Å². The Bertz CT molecular complexity index is 427. The molecule has 0 radical (unpaired) electrons. The van der Waals surface area contributed by atoms with Gasteiger partial charge in [0.1, 0.15) is 6.54 Å². The third-order valence-electron chi connectivity index (χ3n) is 4.96. The fraction of sp³-hybridized carbons (Fsp3) is 0.895. The van der Waals surface area contributed by atoms with Crippen molar-refractivity contribution >= 4 is 35.8 Å². The van der Waals surface area contributed by atoms with Crippen LogP contribution in [-0.4, -0.2) is 77.4 Å². The molecule has 0 aliphatic heterocycles. The van der Waals surface area contributed by atoms with E-state index in [1.165, 1.54) is 25.7 Å². The van der Waals surface area contributed by atoms with E-state index in [0.29, 0.717) is 5.96 Å². The summed E-state index contributed by atoms with van der Waals surface area (Å²) in [6.07, 6.45) is 6.96. The van der Waals surface area contributed by atoms with Crippen molar-refractivity contribution in [3.63, 3.8) is 0 Å². The highest BCUT2D eigenvalue weighted by Crippen LogP contribution is 2.40.